The number of pyridine rings is 2. The van der Waals surface area contributed by atoms with Crippen LogP contribution in [-0.2, 0) is 11.3 Å². The van der Waals surface area contributed by atoms with Crippen LogP contribution in [0.1, 0.15) is 33.3 Å². The van der Waals surface area contributed by atoms with Gasteiger partial charge in [0.2, 0.25) is 5.91 Å². The molecule has 8 nitrogen and oxygen atoms in total. The normalized spacial score (nSPS) is 10.8. The van der Waals surface area contributed by atoms with E-state index in [2.05, 4.69) is 20.6 Å². The Hall–Kier alpha value is -3.75. The maximum absolute atomic E-state index is 13.3. The van der Waals surface area contributed by atoms with Gasteiger partial charge in [0, 0.05) is 36.5 Å². The van der Waals surface area contributed by atoms with Crippen LogP contribution in [0.4, 0.5) is 5.82 Å². The number of carbonyl (C=O) groups is 3. The number of amides is 2. The predicted molar refractivity (Wildman–Crippen MR) is 126 cm³/mol. The zero-order valence-electron chi connectivity index (χ0n) is 17.3. The zero-order valence-corrected chi connectivity index (χ0v) is 18.8. The third-order valence-electron chi connectivity index (χ3n) is 4.80. The monoisotopic (exact) mass is 481 g/mol. The molecule has 0 unspecified atom stereocenters. The number of hydrogen-bond donors (Lipinski definition) is 2. The van der Waals surface area contributed by atoms with E-state index in [-0.39, 0.29) is 33.6 Å². The minimum Gasteiger partial charge on any atom is -0.346 e. The van der Waals surface area contributed by atoms with Crippen LogP contribution in [-0.4, -0.2) is 32.3 Å². The summed E-state index contributed by atoms with van der Waals surface area (Å²) in [6, 6.07) is 11.5. The highest BCUT2D eigenvalue weighted by atomic mass is 35.5. The lowest BCUT2D eigenvalue weighted by Gasteiger charge is -2.11. The van der Waals surface area contributed by atoms with E-state index in [4.69, 9.17) is 23.2 Å². The first kappa shape index (κ1) is 22.4. The van der Waals surface area contributed by atoms with Crippen LogP contribution in [0, 0.1) is 0 Å². The van der Waals surface area contributed by atoms with Crippen LogP contribution >= 0.6 is 23.2 Å². The molecule has 2 N–H and O–H groups in total. The zero-order chi connectivity index (χ0) is 23.5. The van der Waals surface area contributed by atoms with Crippen molar-refractivity contribution < 1.29 is 14.4 Å². The summed E-state index contributed by atoms with van der Waals surface area (Å²) in [5.74, 6) is -0.831. The molecule has 0 bridgehead atoms. The van der Waals surface area contributed by atoms with Crippen molar-refractivity contribution in [3.63, 3.8) is 0 Å². The van der Waals surface area contributed by atoms with E-state index in [0.717, 1.165) is 0 Å². The molecule has 33 heavy (non-hydrogen) atoms. The molecule has 3 heterocycles. The van der Waals surface area contributed by atoms with Crippen molar-refractivity contribution in [2.45, 2.75) is 13.5 Å². The minimum atomic E-state index is -0.486. The summed E-state index contributed by atoms with van der Waals surface area (Å²) in [6.07, 6.45) is 4.66. The number of aromatic nitrogens is 3. The second-order valence-electron chi connectivity index (χ2n) is 7.08. The summed E-state index contributed by atoms with van der Waals surface area (Å²) in [5, 5.41) is 6.03. The van der Waals surface area contributed by atoms with Gasteiger partial charge in [0.25, 0.3) is 11.8 Å². The SMILES string of the molecule is CC(=O)Nc1nccc2c1ccn2C(=O)c1c(Cl)cc(C(=O)NCc2ccccn2)cc1Cl. The fourth-order valence-corrected chi connectivity index (χ4v) is 3.96. The molecule has 1 aromatic carbocycles. The first-order chi connectivity index (χ1) is 15.8. The number of anilines is 1. The van der Waals surface area contributed by atoms with Gasteiger partial charge in [0.1, 0.15) is 5.82 Å². The highest BCUT2D eigenvalue weighted by molar-refractivity contribution is 6.40. The fourth-order valence-electron chi connectivity index (χ4n) is 3.31. The van der Waals surface area contributed by atoms with E-state index >= 15 is 0 Å². The minimum absolute atomic E-state index is 0.0356. The molecule has 0 aliphatic rings. The van der Waals surface area contributed by atoms with E-state index in [0.29, 0.717) is 22.4 Å². The predicted octanol–water partition coefficient (Wildman–Crippen LogP) is 4.32. The lowest BCUT2D eigenvalue weighted by Crippen LogP contribution is -2.23. The molecule has 0 saturated heterocycles. The molecule has 0 radical (unpaired) electrons. The third-order valence-corrected chi connectivity index (χ3v) is 5.40. The first-order valence-electron chi connectivity index (χ1n) is 9.80. The van der Waals surface area contributed by atoms with E-state index in [1.165, 1.54) is 29.8 Å². The van der Waals surface area contributed by atoms with Crippen molar-refractivity contribution in [1.82, 2.24) is 19.9 Å². The quantitative estimate of drug-likeness (QED) is 0.441. The summed E-state index contributed by atoms with van der Waals surface area (Å²) >= 11 is 12.8. The van der Waals surface area contributed by atoms with Crippen LogP contribution in [0.15, 0.2) is 61.1 Å². The van der Waals surface area contributed by atoms with Crippen molar-refractivity contribution in [2.24, 2.45) is 0 Å². The molecule has 4 rings (SSSR count). The highest BCUT2D eigenvalue weighted by Gasteiger charge is 2.22. The first-order valence-corrected chi connectivity index (χ1v) is 10.6. The van der Waals surface area contributed by atoms with E-state index < -0.39 is 11.8 Å². The second kappa shape index (κ2) is 9.40. The molecule has 3 aromatic heterocycles. The third kappa shape index (κ3) is 4.72. The van der Waals surface area contributed by atoms with Crippen LogP contribution in [0.25, 0.3) is 10.9 Å². The molecule has 2 amide bonds. The van der Waals surface area contributed by atoms with E-state index in [9.17, 15) is 14.4 Å². The topological polar surface area (TPSA) is 106 Å². The molecule has 4 aromatic rings. The number of nitrogens with one attached hydrogen (secondary N) is 2. The summed E-state index contributed by atoms with van der Waals surface area (Å²) in [7, 11) is 0. The summed E-state index contributed by atoms with van der Waals surface area (Å²) in [5.41, 5.74) is 1.48. The van der Waals surface area contributed by atoms with Gasteiger partial charge in [-0.1, -0.05) is 29.3 Å². The Morgan fingerprint density at radius 2 is 1.76 bits per heavy atom. The maximum atomic E-state index is 13.3. The Labute approximate surface area is 198 Å². The van der Waals surface area contributed by atoms with Gasteiger partial charge in [-0.2, -0.15) is 0 Å². The second-order valence-corrected chi connectivity index (χ2v) is 7.90. The molecule has 0 saturated carbocycles. The van der Waals surface area contributed by atoms with Gasteiger partial charge in [-0.05, 0) is 36.4 Å². The standard InChI is InChI=1S/C23H17Cl2N5O3/c1-13(31)29-21-16-6-9-30(19(16)5-8-27-21)23(33)20-17(24)10-14(11-18(20)25)22(32)28-12-15-4-2-3-7-26-15/h2-11H,12H2,1H3,(H,28,32)(H,27,29,31). The van der Waals surface area contributed by atoms with Crippen molar-refractivity contribution >= 4 is 57.6 Å². The Morgan fingerprint density at radius 1 is 1.00 bits per heavy atom. The van der Waals surface area contributed by atoms with Gasteiger partial charge in [0.15, 0.2) is 0 Å². The van der Waals surface area contributed by atoms with Crippen LogP contribution in [0.3, 0.4) is 0 Å². The summed E-state index contributed by atoms with van der Waals surface area (Å²) < 4.78 is 1.36. The number of hydrogen-bond acceptors (Lipinski definition) is 5. The molecule has 0 atom stereocenters. The van der Waals surface area contributed by atoms with Gasteiger partial charge in [-0.25, -0.2) is 4.98 Å². The molecular weight excluding hydrogens is 465 g/mol. The van der Waals surface area contributed by atoms with Crippen molar-refractivity contribution in [3.8, 4) is 0 Å². The Bertz CT molecular complexity index is 1360. The van der Waals surface area contributed by atoms with Gasteiger partial charge < -0.3 is 10.6 Å². The van der Waals surface area contributed by atoms with Crippen LogP contribution in [0.2, 0.25) is 10.0 Å². The van der Waals surface area contributed by atoms with E-state index in [1.54, 1.807) is 36.7 Å². The maximum Gasteiger partial charge on any atom is 0.265 e. The molecule has 10 heteroatoms. The number of benzene rings is 1. The number of carbonyl (C=O) groups excluding carboxylic acids is 3. The Balaban J connectivity index is 1.61. The molecule has 166 valence electrons. The molecular formula is C23H17Cl2N5O3. The molecule has 0 aliphatic heterocycles. The van der Waals surface area contributed by atoms with Crippen molar-refractivity contribution in [2.75, 3.05) is 5.32 Å². The fraction of sp³-hybridized carbons (Fsp3) is 0.0870. The summed E-state index contributed by atoms with van der Waals surface area (Å²) in [6.45, 7) is 1.60. The largest absolute Gasteiger partial charge is 0.346 e. The average Bonchev–Trinajstić information content (AvgIpc) is 3.22. The van der Waals surface area contributed by atoms with Gasteiger partial charge >= 0.3 is 0 Å². The average molecular weight is 482 g/mol. The van der Waals surface area contributed by atoms with Gasteiger partial charge in [0.05, 0.1) is 33.4 Å². The number of rotatable bonds is 5. The Morgan fingerprint density at radius 3 is 2.42 bits per heavy atom. The highest BCUT2D eigenvalue weighted by Crippen LogP contribution is 2.30. The number of halogens is 2. The lowest BCUT2D eigenvalue weighted by molar-refractivity contribution is -0.114. The van der Waals surface area contributed by atoms with E-state index in [1.807, 2.05) is 6.07 Å². The van der Waals surface area contributed by atoms with Crippen LogP contribution < -0.4 is 10.6 Å². The van der Waals surface area contributed by atoms with Gasteiger partial charge in [-0.15, -0.1) is 0 Å². The van der Waals surface area contributed by atoms with Gasteiger partial charge in [-0.3, -0.25) is 23.9 Å². The lowest BCUT2D eigenvalue weighted by atomic mass is 10.1. The van der Waals surface area contributed by atoms with Crippen LogP contribution in [0.5, 0.6) is 0 Å². The van der Waals surface area contributed by atoms with Crippen molar-refractivity contribution in [1.29, 1.82) is 0 Å². The molecule has 0 aliphatic carbocycles. The number of fused-ring (bicyclic) bond motifs is 1. The molecule has 0 fully saturated rings. The number of nitrogens with zero attached hydrogens (tertiary/aromatic N) is 3. The van der Waals surface area contributed by atoms with Crippen molar-refractivity contribution in [3.05, 3.63) is 87.9 Å². The molecule has 0 spiro atoms. The summed E-state index contributed by atoms with van der Waals surface area (Å²) in [4.78, 5) is 45.5. The smallest absolute Gasteiger partial charge is 0.265 e. The Kier molecular flexibility index (Phi) is 6.39.